The van der Waals surface area contributed by atoms with Crippen molar-refractivity contribution in [2.24, 2.45) is 17.8 Å². The van der Waals surface area contributed by atoms with Gasteiger partial charge in [-0.25, -0.2) is 4.79 Å². The fourth-order valence-electron chi connectivity index (χ4n) is 8.17. The van der Waals surface area contributed by atoms with E-state index < -0.39 is 40.2 Å². The average Bonchev–Trinajstić information content (AvgIpc) is 3.07. The van der Waals surface area contributed by atoms with E-state index in [4.69, 9.17) is 18.9 Å². The normalized spacial score (nSPS) is 32.8. The molecule has 8 heteroatoms. The summed E-state index contributed by atoms with van der Waals surface area (Å²) in [4.78, 5) is 41.3. The number of hydrogen-bond acceptors (Lipinski definition) is 8. The van der Waals surface area contributed by atoms with Gasteiger partial charge >= 0.3 is 5.97 Å². The molecule has 5 unspecified atom stereocenters. The predicted molar refractivity (Wildman–Crippen MR) is 156 cm³/mol. The molecule has 224 valence electrons. The Morgan fingerprint density at radius 2 is 1.79 bits per heavy atom. The fourth-order valence-corrected chi connectivity index (χ4v) is 8.17. The number of carbonyl (C=O) groups excluding carboxylic acids is 3. The first-order chi connectivity index (χ1) is 19.6. The van der Waals surface area contributed by atoms with Crippen molar-refractivity contribution in [2.45, 2.75) is 96.6 Å². The zero-order valence-electron chi connectivity index (χ0n) is 25.7. The molecule has 8 nitrogen and oxygen atoms in total. The second-order valence-electron chi connectivity index (χ2n) is 13.8. The Morgan fingerprint density at radius 1 is 1.07 bits per heavy atom. The van der Waals surface area contributed by atoms with Gasteiger partial charge in [0.2, 0.25) is 0 Å². The summed E-state index contributed by atoms with van der Waals surface area (Å²) in [5.74, 6) is -1.64. The highest BCUT2D eigenvalue weighted by atomic mass is 16.6. The molecule has 1 saturated heterocycles. The van der Waals surface area contributed by atoms with Crippen LogP contribution in [0.4, 0.5) is 0 Å². The number of phenolic OH excluding ortho intramolecular Hbond substituents is 1. The Kier molecular flexibility index (Phi) is 6.19. The summed E-state index contributed by atoms with van der Waals surface area (Å²) in [5.41, 5.74) is -1.56. The number of ether oxygens (including phenoxy) is 4. The predicted octanol–water partition coefficient (Wildman–Crippen LogP) is 5.68. The van der Waals surface area contributed by atoms with Gasteiger partial charge in [-0.15, -0.1) is 0 Å². The highest BCUT2D eigenvalue weighted by molar-refractivity contribution is 6.09. The molecule has 3 aliphatic heterocycles. The van der Waals surface area contributed by atoms with Gasteiger partial charge in [-0.3, -0.25) is 9.59 Å². The van der Waals surface area contributed by atoms with Gasteiger partial charge < -0.3 is 24.1 Å². The number of phenols is 1. The monoisotopic (exact) mass is 576 g/mol. The van der Waals surface area contributed by atoms with Crippen LogP contribution < -0.4 is 9.47 Å². The first-order valence-electron chi connectivity index (χ1n) is 14.8. The lowest BCUT2D eigenvalue weighted by molar-refractivity contribution is -0.199. The Morgan fingerprint density at radius 3 is 2.45 bits per heavy atom. The zero-order chi connectivity index (χ0) is 30.6. The first-order valence-corrected chi connectivity index (χ1v) is 14.8. The second-order valence-corrected chi connectivity index (χ2v) is 13.8. The van der Waals surface area contributed by atoms with Crippen LogP contribution in [-0.2, 0) is 25.5 Å². The molecule has 4 bridgehead atoms. The van der Waals surface area contributed by atoms with E-state index in [0.29, 0.717) is 41.7 Å². The van der Waals surface area contributed by atoms with Gasteiger partial charge in [-0.2, -0.15) is 0 Å². The van der Waals surface area contributed by atoms with Crippen LogP contribution in [0.5, 0.6) is 17.2 Å². The van der Waals surface area contributed by atoms with Gasteiger partial charge in [0.1, 0.15) is 28.4 Å². The molecule has 3 heterocycles. The van der Waals surface area contributed by atoms with E-state index in [1.165, 1.54) is 7.11 Å². The Labute approximate surface area is 246 Å². The molecule has 4 fully saturated rings. The van der Waals surface area contributed by atoms with E-state index >= 15 is 0 Å². The Bertz CT molecular complexity index is 1520. The van der Waals surface area contributed by atoms with Gasteiger partial charge in [0.15, 0.2) is 22.8 Å². The van der Waals surface area contributed by atoms with Gasteiger partial charge in [-0.05, 0) is 79.9 Å². The van der Waals surface area contributed by atoms with Crippen LogP contribution in [-0.4, -0.2) is 52.2 Å². The number of Topliss-reactive ketones (excluding diaryl/α,β-unsaturated/α-hetero) is 2. The summed E-state index contributed by atoms with van der Waals surface area (Å²) in [6, 6.07) is 0. The van der Waals surface area contributed by atoms with Crippen molar-refractivity contribution in [1.29, 1.82) is 0 Å². The van der Waals surface area contributed by atoms with Crippen LogP contribution in [0.15, 0.2) is 29.4 Å². The number of methoxy groups -OCH3 is 1. The lowest BCUT2D eigenvalue weighted by Crippen LogP contribution is -2.76. The quantitative estimate of drug-likeness (QED) is 0.271. The smallest absolute Gasteiger partial charge is 0.333 e. The van der Waals surface area contributed by atoms with Crippen LogP contribution in [0, 0.1) is 17.8 Å². The van der Waals surface area contributed by atoms with E-state index in [0.717, 1.165) is 5.57 Å². The molecule has 1 N–H and O–H groups in total. The van der Waals surface area contributed by atoms with Crippen molar-refractivity contribution >= 4 is 23.6 Å². The first kappa shape index (κ1) is 28.7. The number of benzene rings is 1. The van der Waals surface area contributed by atoms with Crippen LogP contribution >= 0.6 is 0 Å². The number of allylic oxidation sites excluding steroid dienone is 2. The molecule has 1 aromatic rings. The molecule has 1 spiro atoms. The minimum Gasteiger partial charge on any atom is -0.506 e. The zero-order valence-corrected chi connectivity index (χ0v) is 25.7. The van der Waals surface area contributed by atoms with E-state index in [-0.39, 0.29) is 41.0 Å². The highest BCUT2D eigenvalue weighted by Gasteiger charge is 2.83. The second kappa shape index (κ2) is 9.06. The summed E-state index contributed by atoms with van der Waals surface area (Å²) >= 11 is 0. The van der Waals surface area contributed by atoms with Crippen LogP contribution in [0.25, 0.3) is 6.08 Å². The number of hydrogen-bond donors (Lipinski definition) is 1. The lowest BCUT2D eigenvalue weighted by Gasteiger charge is -2.60. The van der Waals surface area contributed by atoms with Gasteiger partial charge in [0, 0.05) is 29.4 Å². The van der Waals surface area contributed by atoms with E-state index in [9.17, 15) is 19.5 Å². The number of ketones is 2. The standard InChI is InChI=1S/C34H40O8/c1-17(2)9-10-21-27-20(12-13-31(4,5)40-27)25(35)24-26(36)22-15-19-16-23-32(6,7)42-33(29(19)37,34(22,23)41-28(21)24)14-11-18(3)30(38)39-8/h9,11-13,19,22-23,35H,10,14-16H2,1-8H3. The number of fused-ring (bicyclic) bond motifs is 2. The SMILES string of the molecule is COC(=O)C(C)=CCC12OC(C)(C)C3CC(CC4C(=O)c5c(O)c6c(c(CC=C(C)C)c5OC431)OC(C)(C)C=C6)C2=O. The van der Waals surface area contributed by atoms with Gasteiger partial charge in [0.05, 0.1) is 24.2 Å². The van der Waals surface area contributed by atoms with E-state index in [1.54, 1.807) is 13.0 Å². The molecular weight excluding hydrogens is 536 g/mol. The fraction of sp³-hybridized carbons (Fsp3) is 0.559. The average molecular weight is 577 g/mol. The van der Waals surface area contributed by atoms with E-state index in [1.807, 2.05) is 59.8 Å². The van der Waals surface area contributed by atoms with Gasteiger partial charge in [-0.1, -0.05) is 17.7 Å². The van der Waals surface area contributed by atoms with Crippen LogP contribution in [0.3, 0.4) is 0 Å². The molecule has 1 aromatic carbocycles. The molecule has 0 radical (unpaired) electrons. The molecule has 0 aromatic heterocycles. The maximum atomic E-state index is 14.7. The molecular formula is C34H40O8. The number of aromatic hydroxyl groups is 1. The Balaban J connectivity index is 1.62. The van der Waals surface area contributed by atoms with Gasteiger partial charge in [0.25, 0.3) is 0 Å². The van der Waals surface area contributed by atoms with Crippen molar-refractivity contribution in [1.82, 2.24) is 0 Å². The summed E-state index contributed by atoms with van der Waals surface area (Å²) in [6.07, 6.45) is 8.72. The highest BCUT2D eigenvalue weighted by Crippen LogP contribution is 2.70. The molecule has 6 aliphatic rings. The molecule has 3 saturated carbocycles. The summed E-state index contributed by atoms with van der Waals surface area (Å²) in [5, 5.41) is 11.6. The maximum Gasteiger partial charge on any atom is 0.333 e. The van der Waals surface area contributed by atoms with Crippen LogP contribution in [0.2, 0.25) is 0 Å². The minimum atomic E-state index is -1.49. The Hall–Kier alpha value is -3.39. The maximum absolute atomic E-state index is 14.7. The molecule has 3 aliphatic carbocycles. The number of rotatable bonds is 5. The molecule has 0 amide bonds. The van der Waals surface area contributed by atoms with Crippen molar-refractivity contribution < 1.29 is 38.4 Å². The lowest BCUT2D eigenvalue weighted by atomic mass is 9.46. The largest absolute Gasteiger partial charge is 0.506 e. The molecule has 42 heavy (non-hydrogen) atoms. The topological polar surface area (TPSA) is 108 Å². The number of esters is 1. The van der Waals surface area contributed by atoms with Crippen LogP contribution in [0.1, 0.15) is 89.2 Å². The third kappa shape index (κ3) is 3.66. The third-order valence-corrected chi connectivity index (χ3v) is 10.0. The number of carbonyl (C=O) groups is 3. The van der Waals surface area contributed by atoms with Crippen molar-refractivity contribution in [3.8, 4) is 17.2 Å². The molecule has 5 atom stereocenters. The summed E-state index contributed by atoms with van der Waals surface area (Å²) in [7, 11) is 1.31. The molecule has 7 rings (SSSR count). The summed E-state index contributed by atoms with van der Waals surface area (Å²) in [6.45, 7) is 13.4. The van der Waals surface area contributed by atoms with Crippen molar-refractivity contribution in [3.05, 3.63) is 46.1 Å². The van der Waals surface area contributed by atoms with E-state index in [2.05, 4.69) is 0 Å². The minimum absolute atomic E-state index is 0.0643. The third-order valence-electron chi connectivity index (χ3n) is 10.0. The summed E-state index contributed by atoms with van der Waals surface area (Å²) < 4.78 is 25.3. The van der Waals surface area contributed by atoms with Crippen molar-refractivity contribution in [3.63, 3.8) is 0 Å². The van der Waals surface area contributed by atoms with Crippen molar-refractivity contribution in [2.75, 3.05) is 7.11 Å².